The topological polar surface area (TPSA) is 55.8 Å². The summed E-state index contributed by atoms with van der Waals surface area (Å²) < 4.78 is 0. The molecule has 0 saturated carbocycles. The molecule has 2 aliphatic heterocycles. The molecule has 0 bridgehead atoms. The number of likely N-dealkylation sites (tertiary alicyclic amines) is 1. The van der Waals surface area contributed by atoms with Gasteiger partial charge in [0, 0.05) is 25.7 Å². The molecule has 23 heavy (non-hydrogen) atoms. The van der Waals surface area contributed by atoms with E-state index in [1.165, 1.54) is 6.42 Å². The normalized spacial score (nSPS) is 22.4. The molecule has 2 fully saturated rings. The maximum Gasteiger partial charge on any atom is 0.236 e. The van der Waals surface area contributed by atoms with Gasteiger partial charge in [0.2, 0.25) is 5.91 Å². The van der Waals surface area contributed by atoms with Crippen LogP contribution in [0.5, 0.6) is 0 Å². The maximum atomic E-state index is 12.5. The van der Waals surface area contributed by atoms with Gasteiger partial charge in [-0.05, 0) is 64.6 Å². The fourth-order valence-electron chi connectivity index (χ4n) is 3.60. The Morgan fingerprint density at radius 1 is 1.26 bits per heavy atom. The van der Waals surface area contributed by atoms with E-state index in [0.717, 1.165) is 58.3 Å². The Morgan fingerprint density at radius 2 is 1.96 bits per heavy atom. The number of rotatable bonds is 6. The Bertz CT molecular complexity index is 328. The quantitative estimate of drug-likeness (QED) is 0.745. The van der Waals surface area contributed by atoms with Crippen molar-refractivity contribution in [2.24, 2.45) is 5.92 Å². The van der Waals surface area contributed by atoms with Crippen molar-refractivity contribution in [2.75, 3.05) is 46.4 Å². The lowest BCUT2D eigenvalue weighted by Gasteiger charge is -2.36. The number of aliphatic hydroxyl groups excluding tert-OH is 1. The first-order chi connectivity index (χ1) is 10.2. The van der Waals surface area contributed by atoms with Crippen molar-refractivity contribution in [2.45, 2.75) is 44.6 Å². The van der Waals surface area contributed by atoms with Crippen molar-refractivity contribution < 1.29 is 9.90 Å². The predicted octanol–water partition coefficient (Wildman–Crippen LogP) is 1.52. The molecular formula is C16H33Cl2N3O2. The Hall–Kier alpha value is -0.0700. The van der Waals surface area contributed by atoms with Gasteiger partial charge < -0.3 is 15.3 Å². The van der Waals surface area contributed by atoms with Gasteiger partial charge in [0.15, 0.2) is 0 Å². The minimum absolute atomic E-state index is 0. The number of carbonyl (C=O) groups is 1. The average Bonchev–Trinajstić information content (AvgIpc) is 2.54. The summed E-state index contributed by atoms with van der Waals surface area (Å²) in [5, 5.41) is 12.3. The molecule has 1 unspecified atom stereocenters. The van der Waals surface area contributed by atoms with Gasteiger partial charge in [-0.2, -0.15) is 0 Å². The zero-order valence-electron chi connectivity index (χ0n) is 14.2. The molecule has 2 rings (SSSR count). The van der Waals surface area contributed by atoms with Crippen LogP contribution in [-0.2, 0) is 4.79 Å². The molecular weight excluding hydrogens is 337 g/mol. The van der Waals surface area contributed by atoms with Gasteiger partial charge in [0.05, 0.1) is 6.54 Å². The second-order valence-electron chi connectivity index (χ2n) is 6.61. The van der Waals surface area contributed by atoms with E-state index in [4.69, 9.17) is 5.11 Å². The molecule has 0 aliphatic carbocycles. The summed E-state index contributed by atoms with van der Waals surface area (Å²) in [6, 6.07) is 0.546. The molecule has 1 amide bonds. The Kier molecular flexibility index (Phi) is 12.3. The first-order valence-corrected chi connectivity index (χ1v) is 8.50. The number of hydrogen-bond donors (Lipinski definition) is 2. The second-order valence-corrected chi connectivity index (χ2v) is 6.61. The fourth-order valence-corrected chi connectivity index (χ4v) is 3.60. The number of aliphatic hydroxyl groups is 1. The summed E-state index contributed by atoms with van der Waals surface area (Å²) in [4.78, 5) is 16.8. The maximum absolute atomic E-state index is 12.5. The lowest BCUT2D eigenvalue weighted by atomic mass is 9.93. The largest absolute Gasteiger partial charge is 0.396 e. The van der Waals surface area contributed by atoms with Crippen molar-refractivity contribution in [3.8, 4) is 0 Å². The molecule has 0 aromatic rings. The van der Waals surface area contributed by atoms with Gasteiger partial charge in [0.25, 0.3) is 0 Å². The van der Waals surface area contributed by atoms with E-state index < -0.39 is 0 Å². The van der Waals surface area contributed by atoms with Crippen molar-refractivity contribution in [3.05, 3.63) is 0 Å². The highest BCUT2D eigenvalue weighted by molar-refractivity contribution is 5.85. The van der Waals surface area contributed by atoms with E-state index in [2.05, 4.69) is 17.3 Å². The molecule has 0 spiro atoms. The highest BCUT2D eigenvalue weighted by atomic mass is 35.5. The van der Waals surface area contributed by atoms with E-state index in [1.807, 2.05) is 4.90 Å². The van der Waals surface area contributed by atoms with Crippen LogP contribution in [0.1, 0.15) is 38.5 Å². The van der Waals surface area contributed by atoms with Crippen LogP contribution in [0.2, 0.25) is 0 Å². The van der Waals surface area contributed by atoms with Crippen LogP contribution in [0, 0.1) is 5.92 Å². The summed E-state index contributed by atoms with van der Waals surface area (Å²) in [5.41, 5.74) is 0. The lowest BCUT2D eigenvalue weighted by molar-refractivity contribution is -0.134. The molecule has 2 saturated heterocycles. The van der Waals surface area contributed by atoms with E-state index in [1.54, 1.807) is 0 Å². The van der Waals surface area contributed by atoms with Crippen LogP contribution in [0.25, 0.3) is 0 Å². The molecule has 2 aliphatic rings. The lowest BCUT2D eigenvalue weighted by Crippen LogP contribution is -2.48. The molecule has 0 radical (unpaired) electrons. The molecule has 5 nitrogen and oxygen atoms in total. The second kappa shape index (κ2) is 12.3. The third-order valence-electron chi connectivity index (χ3n) is 4.96. The van der Waals surface area contributed by atoms with Gasteiger partial charge in [-0.25, -0.2) is 0 Å². The van der Waals surface area contributed by atoms with E-state index in [0.29, 0.717) is 18.5 Å². The first-order valence-electron chi connectivity index (χ1n) is 8.50. The van der Waals surface area contributed by atoms with E-state index in [-0.39, 0.29) is 37.3 Å². The highest BCUT2D eigenvalue weighted by Crippen LogP contribution is 2.21. The van der Waals surface area contributed by atoms with Gasteiger partial charge in [-0.3, -0.25) is 9.69 Å². The van der Waals surface area contributed by atoms with Crippen molar-refractivity contribution in [1.82, 2.24) is 15.1 Å². The van der Waals surface area contributed by atoms with Crippen LogP contribution in [0.4, 0.5) is 0 Å². The first kappa shape index (κ1) is 22.9. The van der Waals surface area contributed by atoms with Crippen LogP contribution >= 0.6 is 24.8 Å². The number of likely N-dealkylation sites (N-methyl/N-ethyl adjacent to an activating group) is 1. The number of piperidine rings is 2. The zero-order valence-corrected chi connectivity index (χ0v) is 15.8. The number of nitrogens with zero attached hydrogens (tertiary/aromatic N) is 2. The van der Waals surface area contributed by atoms with Crippen molar-refractivity contribution in [3.63, 3.8) is 0 Å². The molecule has 2 N–H and O–H groups in total. The molecule has 0 aromatic carbocycles. The third kappa shape index (κ3) is 7.57. The van der Waals surface area contributed by atoms with E-state index >= 15 is 0 Å². The number of amides is 1. The molecule has 2 heterocycles. The van der Waals surface area contributed by atoms with Crippen molar-refractivity contribution in [1.29, 1.82) is 0 Å². The number of hydrogen-bond acceptors (Lipinski definition) is 4. The van der Waals surface area contributed by atoms with Crippen LogP contribution < -0.4 is 5.32 Å². The molecule has 1 atom stereocenters. The fraction of sp³-hybridized carbons (Fsp3) is 0.938. The average molecular weight is 370 g/mol. The zero-order chi connectivity index (χ0) is 15.1. The summed E-state index contributed by atoms with van der Waals surface area (Å²) in [5.74, 6) is 0.865. The highest BCUT2D eigenvalue weighted by Gasteiger charge is 2.26. The Labute approximate surface area is 153 Å². The number of nitrogens with one attached hydrogen (secondary N) is 1. The SMILES string of the molecule is CN(CC(=O)N1CCCC(CCCO)C1)C1CCNCC1.Cl.Cl. The summed E-state index contributed by atoms with van der Waals surface area (Å²) in [6.07, 6.45) is 6.50. The standard InChI is InChI=1S/C16H31N3O2.2ClH/c1-18(15-6-8-17-9-7-15)13-16(21)19-10-2-4-14(12-19)5-3-11-20;;/h14-15,17,20H,2-13H2,1H3;2*1H. The van der Waals surface area contributed by atoms with Gasteiger partial charge in [0.1, 0.15) is 0 Å². The van der Waals surface area contributed by atoms with Gasteiger partial charge in [-0.15, -0.1) is 24.8 Å². The molecule has 0 aromatic heterocycles. The summed E-state index contributed by atoms with van der Waals surface area (Å²) in [7, 11) is 2.08. The van der Waals surface area contributed by atoms with Gasteiger partial charge in [-0.1, -0.05) is 0 Å². The monoisotopic (exact) mass is 369 g/mol. The van der Waals surface area contributed by atoms with Crippen molar-refractivity contribution >= 4 is 30.7 Å². The minimum Gasteiger partial charge on any atom is -0.396 e. The number of carbonyl (C=O) groups excluding carboxylic acids is 1. The van der Waals surface area contributed by atoms with Crippen LogP contribution in [0.3, 0.4) is 0 Å². The summed E-state index contributed by atoms with van der Waals surface area (Å²) in [6.45, 7) is 4.75. The predicted molar refractivity (Wildman–Crippen MR) is 98.6 cm³/mol. The number of halogens is 2. The Balaban J connectivity index is 0.00000242. The van der Waals surface area contributed by atoms with Gasteiger partial charge >= 0.3 is 0 Å². The van der Waals surface area contributed by atoms with Crippen LogP contribution in [0.15, 0.2) is 0 Å². The smallest absolute Gasteiger partial charge is 0.236 e. The molecule has 7 heteroatoms. The minimum atomic E-state index is 0. The van der Waals surface area contributed by atoms with E-state index in [9.17, 15) is 4.79 Å². The Morgan fingerprint density at radius 3 is 2.61 bits per heavy atom. The van der Waals surface area contributed by atoms with Crippen LogP contribution in [-0.4, -0.2) is 73.2 Å². The third-order valence-corrected chi connectivity index (χ3v) is 4.96. The summed E-state index contributed by atoms with van der Waals surface area (Å²) >= 11 is 0. The molecule has 138 valence electrons.